The van der Waals surface area contributed by atoms with Gasteiger partial charge in [-0.3, -0.25) is 24.1 Å². The summed E-state index contributed by atoms with van der Waals surface area (Å²) in [6.07, 6.45) is 5.89. The summed E-state index contributed by atoms with van der Waals surface area (Å²) in [4.78, 5) is 60.1. The molecule has 1 saturated heterocycles. The molecule has 4 aromatic rings. The van der Waals surface area contributed by atoms with Crippen LogP contribution in [-0.4, -0.2) is 41.7 Å². The average Bonchev–Trinajstić information content (AvgIpc) is 3.44. The third-order valence-electron chi connectivity index (χ3n) is 11.3. The normalized spacial score (nSPS) is 26.8. The number of hydrogen-bond donors (Lipinski definition) is 1. The molecular formula is C44H37NO6. The molecule has 1 aliphatic heterocycles. The number of ketones is 2. The van der Waals surface area contributed by atoms with Gasteiger partial charge in [-0.1, -0.05) is 109 Å². The fourth-order valence-electron chi connectivity index (χ4n) is 9.18. The minimum atomic E-state index is -1.30. The van der Waals surface area contributed by atoms with Crippen LogP contribution in [0.5, 0.6) is 5.75 Å². The Morgan fingerprint density at radius 2 is 1.51 bits per heavy atom. The van der Waals surface area contributed by atoms with E-state index in [-0.39, 0.29) is 43.0 Å². The smallest absolute Gasteiger partial charge is 0.238 e. The molecule has 0 aromatic heterocycles. The van der Waals surface area contributed by atoms with Crippen molar-refractivity contribution in [3.05, 3.63) is 156 Å². The molecule has 0 bridgehead atoms. The van der Waals surface area contributed by atoms with Crippen molar-refractivity contribution in [2.75, 3.05) is 18.1 Å². The number of carbonyl (C=O) groups excluding carboxylic acids is 4. The van der Waals surface area contributed by atoms with Crippen LogP contribution in [0.2, 0.25) is 0 Å². The Labute approximate surface area is 296 Å². The first-order valence-electron chi connectivity index (χ1n) is 17.4. The number of hydrogen-bond acceptors (Lipinski definition) is 6. The van der Waals surface area contributed by atoms with Crippen molar-refractivity contribution in [2.45, 2.75) is 24.2 Å². The van der Waals surface area contributed by atoms with Crippen LogP contribution in [0.3, 0.4) is 0 Å². The number of benzene rings is 4. The zero-order valence-electron chi connectivity index (χ0n) is 28.0. The minimum absolute atomic E-state index is 0.130. The van der Waals surface area contributed by atoms with Crippen LogP contribution in [0, 0.1) is 23.7 Å². The van der Waals surface area contributed by atoms with Crippen LogP contribution in [-0.2, 0) is 24.6 Å². The zero-order valence-corrected chi connectivity index (χ0v) is 28.0. The van der Waals surface area contributed by atoms with E-state index < -0.39 is 35.0 Å². The lowest BCUT2D eigenvalue weighted by Gasteiger charge is -2.55. The number of allylic oxidation sites excluding steroid dienone is 4. The predicted octanol–water partition coefficient (Wildman–Crippen LogP) is 6.73. The van der Waals surface area contributed by atoms with Crippen molar-refractivity contribution in [3.8, 4) is 5.75 Å². The van der Waals surface area contributed by atoms with Gasteiger partial charge in [0, 0.05) is 17.4 Å². The Balaban J connectivity index is 1.32. The molecule has 4 aliphatic rings. The van der Waals surface area contributed by atoms with E-state index in [1.165, 1.54) is 11.0 Å². The van der Waals surface area contributed by atoms with Gasteiger partial charge in [-0.25, -0.2) is 0 Å². The predicted molar refractivity (Wildman–Crippen MR) is 195 cm³/mol. The second-order valence-electron chi connectivity index (χ2n) is 13.7. The van der Waals surface area contributed by atoms with Crippen molar-refractivity contribution in [2.24, 2.45) is 23.7 Å². The molecule has 1 heterocycles. The van der Waals surface area contributed by atoms with Gasteiger partial charge in [-0.15, -0.1) is 0 Å². The number of Topliss-reactive ketones (excluding diaryl/α,β-unsaturated/α-hetero) is 1. The molecule has 8 rings (SSSR count). The monoisotopic (exact) mass is 675 g/mol. The van der Waals surface area contributed by atoms with Gasteiger partial charge >= 0.3 is 0 Å². The molecule has 51 heavy (non-hydrogen) atoms. The number of amides is 2. The van der Waals surface area contributed by atoms with Crippen LogP contribution < -0.4 is 9.64 Å². The van der Waals surface area contributed by atoms with Crippen molar-refractivity contribution in [1.82, 2.24) is 0 Å². The summed E-state index contributed by atoms with van der Waals surface area (Å²) in [7, 11) is 0. The number of nitrogens with zero attached hydrogens (tertiary/aromatic N) is 1. The van der Waals surface area contributed by atoms with Crippen LogP contribution in [0.15, 0.2) is 133 Å². The van der Waals surface area contributed by atoms with Gasteiger partial charge < -0.3 is 9.84 Å². The molecule has 0 radical (unpaired) electrons. The minimum Gasteiger partial charge on any atom is -0.491 e. The molecule has 7 heteroatoms. The first-order chi connectivity index (χ1) is 24.9. The molecule has 1 saturated carbocycles. The molecule has 0 unspecified atom stereocenters. The Bertz CT molecular complexity index is 2100. The summed E-state index contributed by atoms with van der Waals surface area (Å²) >= 11 is 0. The standard InChI is InChI=1S/C44H37NO6/c1-2-27-13-17-31(18-14-27)45-42(49)34-22-21-33-36(39(34)43(45)50)25-37-41(48)35(28-9-5-3-6-10-28)26-38(47)44(37,30-11-7-4-8-12-30)40(33)29-15-19-32(20-16-29)51-24-23-46/h2-21,26,34,36-37,39-40,46H,1,22-25H2/t34-,36+,37-,39-,40-,44-/m0/s1. The number of aliphatic hydroxyl groups excluding tert-OH is 1. The Kier molecular flexibility index (Phi) is 8.23. The molecule has 2 amide bonds. The molecular weight excluding hydrogens is 638 g/mol. The van der Waals surface area contributed by atoms with Gasteiger partial charge in [-0.2, -0.15) is 0 Å². The molecule has 2 fully saturated rings. The van der Waals surface area contributed by atoms with Gasteiger partial charge in [0.1, 0.15) is 12.4 Å². The highest BCUT2D eigenvalue weighted by molar-refractivity contribution is 6.32. The van der Waals surface area contributed by atoms with Gasteiger partial charge in [-0.05, 0) is 71.4 Å². The van der Waals surface area contributed by atoms with Gasteiger partial charge in [0.25, 0.3) is 0 Å². The van der Waals surface area contributed by atoms with Crippen molar-refractivity contribution in [1.29, 1.82) is 0 Å². The second kappa shape index (κ2) is 12.9. The third kappa shape index (κ3) is 5.06. The van der Waals surface area contributed by atoms with Crippen molar-refractivity contribution < 1.29 is 29.0 Å². The summed E-state index contributed by atoms with van der Waals surface area (Å²) in [6.45, 7) is 3.82. The summed E-state index contributed by atoms with van der Waals surface area (Å²) < 4.78 is 5.68. The van der Waals surface area contributed by atoms with Crippen molar-refractivity contribution in [3.63, 3.8) is 0 Å². The van der Waals surface area contributed by atoms with E-state index in [9.17, 15) is 14.7 Å². The largest absolute Gasteiger partial charge is 0.491 e. The maximum absolute atomic E-state index is 15.1. The fourth-order valence-corrected chi connectivity index (χ4v) is 9.18. The summed E-state index contributed by atoms with van der Waals surface area (Å²) in [5, 5.41) is 9.33. The molecule has 0 spiro atoms. The van der Waals surface area contributed by atoms with Crippen LogP contribution in [0.1, 0.15) is 41.0 Å². The van der Waals surface area contributed by atoms with E-state index in [1.807, 2.05) is 97.1 Å². The Morgan fingerprint density at radius 3 is 2.18 bits per heavy atom. The number of fused-ring (bicyclic) bond motifs is 4. The topological polar surface area (TPSA) is 101 Å². The number of imide groups is 1. The van der Waals surface area contributed by atoms with Crippen LogP contribution >= 0.6 is 0 Å². The highest BCUT2D eigenvalue weighted by atomic mass is 16.5. The summed E-state index contributed by atoms with van der Waals surface area (Å²) in [5.41, 5.74) is 3.57. The fraction of sp³-hybridized carbons (Fsp3) is 0.227. The molecule has 6 atom stereocenters. The Morgan fingerprint density at radius 1 is 0.824 bits per heavy atom. The lowest BCUT2D eigenvalue weighted by atomic mass is 9.44. The number of ether oxygens (including phenoxy) is 1. The highest BCUT2D eigenvalue weighted by Gasteiger charge is 2.66. The number of aliphatic hydroxyl groups is 1. The number of carbonyl (C=O) groups is 4. The van der Waals surface area contributed by atoms with Crippen molar-refractivity contribution >= 4 is 40.7 Å². The van der Waals surface area contributed by atoms with E-state index in [2.05, 4.69) is 12.7 Å². The highest BCUT2D eigenvalue weighted by Crippen LogP contribution is 2.63. The van der Waals surface area contributed by atoms with Crippen LogP contribution in [0.25, 0.3) is 11.6 Å². The maximum atomic E-state index is 15.1. The quantitative estimate of drug-likeness (QED) is 0.164. The van der Waals surface area contributed by atoms with E-state index in [0.29, 0.717) is 29.0 Å². The first kappa shape index (κ1) is 32.5. The summed E-state index contributed by atoms with van der Waals surface area (Å²) in [6, 6.07) is 33.4. The van der Waals surface area contributed by atoms with Gasteiger partial charge in [0.15, 0.2) is 11.6 Å². The van der Waals surface area contributed by atoms with Gasteiger partial charge in [0.05, 0.1) is 29.5 Å². The second-order valence-corrected chi connectivity index (χ2v) is 13.7. The zero-order chi connectivity index (χ0) is 35.3. The lowest BCUT2D eigenvalue weighted by Crippen LogP contribution is -2.58. The van der Waals surface area contributed by atoms with E-state index in [1.54, 1.807) is 18.2 Å². The first-order valence-corrected chi connectivity index (χ1v) is 17.4. The van der Waals surface area contributed by atoms with E-state index in [4.69, 9.17) is 4.74 Å². The molecule has 254 valence electrons. The third-order valence-corrected chi connectivity index (χ3v) is 11.3. The lowest BCUT2D eigenvalue weighted by molar-refractivity contribution is -0.135. The number of rotatable bonds is 8. The average molecular weight is 676 g/mol. The van der Waals surface area contributed by atoms with Gasteiger partial charge in [0.2, 0.25) is 11.8 Å². The molecule has 3 aliphatic carbocycles. The SMILES string of the molecule is C=Cc1ccc(N2C(=O)[C@H]3[C@H](CC=C4[C@H]3C[C@H]3C(=O)C(c5ccccc5)=CC(=O)[C@@]3(c3ccccc3)[C@H]4c3ccc(OCCO)cc3)C2=O)cc1. The van der Waals surface area contributed by atoms with E-state index >= 15 is 9.59 Å². The Hall–Kier alpha value is -5.66. The molecule has 4 aromatic carbocycles. The van der Waals surface area contributed by atoms with E-state index in [0.717, 1.165) is 22.3 Å². The molecule has 7 nitrogen and oxygen atoms in total. The summed E-state index contributed by atoms with van der Waals surface area (Å²) in [5.74, 6) is -3.41. The number of anilines is 1. The van der Waals surface area contributed by atoms with Crippen LogP contribution in [0.4, 0.5) is 5.69 Å². The molecule has 1 N–H and O–H groups in total. The maximum Gasteiger partial charge on any atom is 0.238 e.